The Labute approximate surface area is 148 Å². The normalized spacial score (nSPS) is 15.2. The first-order chi connectivity index (χ1) is 11.7. The van der Waals surface area contributed by atoms with Gasteiger partial charge in [0.05, 0.1) is 0 Å². The molecule has 1 fully saturated rings. The summed E-state index contributed by atoms with van der Waals surface area (Å²) < 4.78 is 5.81. The van der Waals surface area contributed by atoms with Crippen molar-refractivity contribution in [2.75, 3.05) is 13.6 Å². The number of ether oxygens (including phenoxy) is 1. The van der Waals surface area contributed by atoms with Crippen LogP contribution >= 0.6 is 11.3 Å². The Morgan fingerprint density at radius 3 is 2.79 bits per heavy atom. The predicted molar refractivity (Wildman–Crippen MR) is 98.6 cm³/mol. The Balaban J connectivity index is 1.58. The molecule has 1 aliphatic rings. The largest absolute Gasteiger partial charge is 0.488 e. The average Bonchev–Trinajstić information content (AvgIpc) is 3.14. The highest BCUT2D eigenvalue weighted by Crippen LogP contribution is 2.25. The summed E-state index contributed by atoms with van der Waals surface area (Å²) in [4.78, 5) is 15.7. The minimum absolute atomic E-state index is 0.0853. The average molecular weight is 343 g/mol. The van der Waals surface area contributed by atoms with Gasteiger partial charge in [-0.1, -0.05) is 31.4 Å². The third-order valence-corrected chi connectivity index (χ3v) is 5.50. The lowest BCUT2D eigenvalue weighted by Crippen LogP contribution is -2.32. The maximum Gasteiger partial charge on any atom is 0.253 e. The van der Waals surface area contributed by atoms with Gasteiger partial charge in [0.2, 0.25) is 0 Å². The van der Waals surface area contributed by atoms with Crippen LogP contribution in [0.2, 0.25) is 0 Å². The molecule has 0 N–H and O–H groups in total. The van der Waals surface area contributed by atoms with Crippen LogP contribution in [0.1, 0.15) is 47.3 Å². The van der Waals surface area contributed by atoms with Gasteiger partial charge in [0.15, 0.2) is 0 Å². The van der Waals surface area contributed by atoms with E-state index in [1.165, 1.54) is 37.0 Å². The van der Waals surface area contributed by atoms with Crippen LogP contribution in [0.15, 0.2) is 41.8 Å². The number of carbonyl (C=O) groups is 1. The van der Waals surface area contributed by atoms with Crippen LogP contribution in [0, 0.1) is 5.92 Å². The summed E-state index contributed by atoms with van der Waals surface area (Å²) in [5, 5.41) is 2.04. The number of carbonyl (C=O) groups excluding carboxylic acids is 1. The first-order valence-corrected chi connectivity index (χ1v) is 9.61. The monoisotopic (exact) mass is 343 g/mol. The van der Waals surface area contributed by atoms with Crippen molar-refractivity contribution in [3.05, 3.63) is 52.2 Å². The molecule has 1 aromatic heterocycles. The summed E-state index contributed by atoms with van der Waals surface area (Å²) in [5.74, 6) is 1.49. The molecule has 0 radical (unpaired) electrons. The molecule has 1 saturated carbocycles. The van der Waals surface area contributed by atoms with Crippen LogP contribution in [0.25, 0.3) is 0 Å². The van der Waals surface area contributed by atoms with E-state index in [-0.39, 0.29) is 5.91 Å². The van der Waals surface area contributed by atoms with Gasteiger partial charge in [-0.05, 0) is 48.4 Å². The van der Waals surface area contributed by atoms with Crippen LogP contribution in [-0.2, 0) is 6.61 Å². The third-order valence-electron chi connectivity index (χ3n) is 4.65. The van der Waals surface area contributed by atoms with E-state index in [0.29, 0.717) is 18.1 Å². The fourth-order valence-corrected chi connectivity index (χ4v) is 3.94. The first kappa shape index (κ1) is 17.0. The molecular formula is C20H25NO2S. The van der Waals surface area contributed by atoms with Gasteiger partial charge < -0.3 is 9.64 Å². The Bertz CT molecular complexity index is 647. The highest BCUT2D eigenvalue weighted by molar-refractivity contribution is 7.09. The van der Waals surface area contributed by atoms with Gasteiger partial charge in [-0.15, -0.1) is 11.3 Å². The minimum Gasteiger partial charge on any atom is -0.488 e. The molecule has 0 unspecified atom stereocenters. The molecule has 24 heavy (non-hydrogen) atoms. The molecule has 3 rings (SSSR count). The Kier molecular flexibility index (Phi) is 5.91. The van der Waals surface area contributed by atoms with E-state index in [1.54, 1.807) is 11.3 Å². The summed E-state index contributed by atoms with van der Waals surface area (Å²) >= 11 is 1.68. The van der Waals surface area contributed by atoms with Crippen molar-refractivity contribution >= 4 is 17.2 Å². The molecule has 0 atom stereocenters. The zero-order valence-corrected chi connectivity index (χ0v) is 15.1. The van der Waals surface area contributed by atoms with E-state index in [0.717, 1.165) is 12.3 Å². The molecule has 4 heteroatoms. The molecule has 1 heterocycles. The number of rotatable bonds is 6. The SMILES string of the molecule is CN(CC1CCCCC1)C(=O)c1cccc(OCc2cccs2)c1. The molecule has 0 saturated heterocycles. The van der Waals surface area contributed by atoms with Crippen molar-refractivity contribution in [2.45, 2.75) is 38.7 Å². The minimum atomic E-state index is 0.0853. The summed E-state index contributed by atoms with van der Waals surface area (Å²) in [6.07, 6.45) is 6.46. The van der Waals surface area contributed by atoms with Crippen molar-refractivity contribution in [3.8, 4) is 5.75 Å². The Morgan fingerprint density at radius 1 is 1.21 bits per heavy atom. The molecule has 0 spiro atoms. The van der Waals surface area contributed by atoms with E-state index in [4.69, 9.17) is 4.74 Å². The van der Waals surface area contributed by atoms with E-state index in [2.05, 4.69) is 6.07 Å². The number of nitrogens with zero attached hydrogens (tertiary/aromatic N) is 1. The molecule has 0 aliphatic heterocycles. The van der Waals surface area contributed by atoms with E-state index < -0.39 is 0 Å². The van der Waals surface area contributed by atoms with E-state index >= 15 is 0 Å². The van der Waals surface area contributed by atoms with Gasteiger partial charge in [0.1, 0.15) is 12.4 Å². The molecule has 1 aliphatic carbocycles. The number of hydrogen-bond acceptors (Lipinski definition) is 3. The number of amides is 1. The fraction of sp³-hybridized carbons (Fsp3) is 0.450. The third kappa shape index (κ3) is 4.60. The second-order valence-corrected chi connectivity index (χ2v) is 7.62. The van der Waals surface area contributed by atoms with Crippen LogP contribution in [0.4, 0.5) is 0 Å². The maximum absolute atomic E-state index is 12.7. The zero-order valence-electron chi connectivity index (χ0n) is 14.2. The molecule has 2 aromatic rings. The highest BCUT2D eigenvalue weighted by Gasteiger charge is 2.19. The van der Waals surface area contributed by atoms with E-state index in [1.807, 2.05) is 47.7 Å². The Hall–Kier alpha value is -1.81. The lowest BCUT2D eigenvalue weighted by atomic mass is 9.89. The van der Waals surface area contributed by atoms with Crippen LogP contribution in [0.3, 0.4) is 0 Å². The summed E-state index contributed by atoms with van der Waals surface area (Å²) in [6.45, 7) is 1.41. The number of benzene rings is 1. The maximum atomic E-state index is 12.7. The molecule has 1 aromatic carbocycles. The van der Waals surface area contributed by atoms with Crippen molar-refractivity contribution in [3.63, 3.8) is 0 Å². The van der Waals surface area contributed by atoms with Crippen molar-refractivity contribution in [1.29, 1.82) is 0 Å². The van der Waals surface area contributed by atoms with Gasteiger partial charge in [-0.3, -0.25) is 4.79 Å². The van der Waals surface area contributed by atoms with Gasteiger partial charge in [0, 0.05) is 24.0 Å². The summed E-state index contributed by atoms with van der Waals surface area (Å²) in [7, 11) is 1.91. The predicted octanol–water partition coefficient (Wildman–Crippen LogP) is 4.98. The number of thiophene rings is 1. The van der Waals surface area contributed by atoms with Crippen molar-refractivity contribution in [2.24, 2.45) is 5.92 Å². The van der Waals surface area contributed by atoms with Gasteiger partial charge in [-0.25, -0.2) is 0 Å². The lowest BCUT2D eigenvalue weighted by molar-refractivity contribution is 0.0760. The zero-order chi connectivity index (χ0) is 16.8. The second-order valence-electron chi connectivity index (χ2n) is 6.59. The van der Waals surface area contributed by atoms with Crippen molar-refractivity contribution < 1.29 is 9.53 Å². The van der Waals surface area contributed by atoms with Crippen molar-refractivity contribution in [1.82, 2.24) is 4.90 Å². The second kappa shape index (κ2) is 8.34. The van der Waals surface area contributed by atoms with Gasteiger partial charge >= 0.3 is 0 Å². The van der Waals surface area contributed by atoms with E-state index in [9.17, 15) is 4.79 Å². The first-order valence-electron chi connectivity index (χ1n) is 8.73. The molecule has 1 amide bonds. The molecular weight excluding hydrogens is 318 g/mol. The van der Waals surface area contributed by atoms with Crippen LogP contribution in [-0.4, -0.2) is 24.4 Å². The van der Waals surface area contributed by atoms with Crippen LogP contribution < -0.4 is 4.74 Å². The highest BCUT2D eigenvalue weighted by atomic mass is 32.1. The molecule has 0 bridgehead atoms. The summed E-state index contributed by atoms with van der Waals surface area (Å²) in [5.41, 5.74) is 0.706. The smallest absolute Gasteiger partial charge is 0.253 e. The topological polar surface area (TPSA) is 29.5 Å². The Morgan fingerprint density at radius 2 is 2.04 bits per heavy atom. The summed E-state index contributed by atoms with van der Waals surface area (Å²) in [6, 6.07) is 11.6. The van der Waals surface area contributed by atoms with Crippen LogP contribution in [0.5, 0.6) is 5.75 Å². The fourth-order valence-electron chi connectivity index (χ4n) is 3.33. The van der Waals surface area contributed by atoms with Gasteiger partial charge in [0.25, 0.3) is 5.91 Å². The standard InChI is InChI=1S/C20H25NO2S/c1-21(14-16-7-3-2-4-8-16)20(22)17-9-5-10-18(13-17)23-15-19-11-6-12-24-19/h5-6,9-13,16H,2-4,7-8,14-15H2,1H3. The molecule has 3 nitrogen and oxygen atoms in total. The van der Waals surface area contributed by atoms with Gasteiger partial charge in [-0.2, -0.15) is 0 Å². The molecule has 128 valence electrons. The number of hydrogen-bond donors (Lipinski definition) is 0. The quantitative estimate of drug-likeness (QED) is 0.740. The lowest BCUT2D eigenvalue weighted by Gasteiger charge is -2.27.